The molecule has 0 unspecified atom stereocenters. The number of rotatable bonds is 5. The van der Waals surface area contributed by atoms with Crippen molar-refractivity contribution in [1.29, 1.82) is 0 Å². The molecule has 1 saturated heterocycles. The summed E-state index contributed by atoms with van der Waals surface area (Å²) in [5, 5.41) is 5.34. The van der Waals surface area contributed by atoms with E-state index in [1.807, 2.05) is 54.6 Å². The van der Waals surface area contributed by atoms with Crippen LogP contribution in [0, 0.1) is 0 Å². The number of benzene rings is 2. The molecule has 6 heteroatoms. The van der Waals surface area contributed by atoms with Crippen molar-refractivity contribution in [1.82, 2.24) is 4.98 Å². The van der Waals surface area contributed by atoms with Crippen molar-refractivity contribution in [2.75, 3.05) is 23.3 Å². The molecule has 0 radical (unpaired) electrons. The third kappa shape index (κ3) is 4.15. The molecule has 2 aromatic carbocycles. The minimum Gasteiger partial charge on any atom is -0.348 e. The molecular weight excluding hydrogens is 378 g/mol. The van der Waals surface area contributed by atoms with Gasteiger partial charge in [-0.2, -0.15) is 0 Å². The van der Waals surface area contributed by atoms with Gasteiger partial charge in [0.1, 0.15) is 5.38 Å². The SMILES string of the molecule is O=C(Nc1ccc(-c2csc(N3CCCC3)n2)cc1)[C@@H](Cl)c1ccccc1. The minimum absolute atomic E-state index is 0.236. The number of alkyl halides is 1. The van der Waals surface area contributed by atoms with Gasteiger partial charge in [-0.25, -0.2) is 4.98 Å². The van der Waals surface area contributed by atoms with Gasteiger partial charge in [0.25, 0.3) is 0 Å². The highest BCUT2D eigenvalue weighted by molar-refractivity contribution is 7.14. The summed E-state index contributed by atoms with van der Waals surface area (Å²) in [6.07, 6.45) is 2.49. The van der Waals surface area contributed by atoms with Gasteiger partial charge < -0.3 is 10.2 Å². The summed E-state index contributed by atoms with van der Waals surface area (Å²) in [6.45, 7) is 2.19. The Balaban J connectivity index is 1.42. The van der Waals surface area contributed by atoms with Gasteiger partial charge in [0.2, 0.25) is 5.91 Å². The van der Waals surface area contributed by atoms with E-state index < -0.39 is 5.38 Å². The second-order valence-corrected chi connectivity index (χ2v) is 7.82. The van der Waals surface area contributed by atoms with E-state index in [0.29, 0.717) is 0 Å². The molecule has 1 amide bonds. The molecule has 3 aromatic rings. The number of aromatic nitrogens is 1. The van der Waals surface area contributed by atoms with Crippen molar-refractivity contribution in [3.05, 3.63) is 65.5 Å². The lowest BCUT2D eigenvalue weighted by Gasteiger charge is -2.12. The molecule has 0 saturated carbocycles. The van der Waals surface area contributed by atoms with E-state index in [1.165, 1.54) is 12.8 Å². The minimum atomic E-state index is -0.715. The first kappa shape index (κ1) is 18.0. The fraction of sp³-hybridized carbons (Fsp3) is 0.238. The third-order valence-corrected chi connectivity index (χ3v) is 5.99. The van der Waals surface area contributed by atoms with Gasteiger partial charge in [-0.1, -0.05) is 42.5 Å². The lowest BCUT2D eigenvalue weighted by atomic mass is 10.1. The first-order valence-electron chi connectivity index (χ1n) is 9.01. The molecule has 1 aliphatic heterocycles. The molecular formula is C21H20ClN3OS. The van der Waals surface area contributed by atoms with Crippen LogP contribution in [0.15, 0.2) is 60.0 Å². The number of thiazole rings is 1. The van der Waals surface area contributed by atoms with E-state index in [9.17, 15) is 4.79 Å². The number of halogens is 1. The van der Waals surface area contributed by atoms with E-state index in [1.54, 1.807) is 11.3 Å². The number of hydrogen-bond acceptors (Lipinski definition) is 4. The average molecular weight is 398 g/mol. The van der Waals surface area contributed by atoms with Crippen LogP contribution in [0.1, 0.15) is 23.8 Å². The van der Waals surface area contributed by atoms with Crippen LogP contribution >= 0.6 is 22.9 Å². The Morgan fingerprint density at radius 1 is 1.07 bits per heavy atom. The smallest absolute Gasteiger partial charge is 0.246 e. The Kier molecular flexibility index (Phi) is 5.41. The normalized spacial score (nSPS) is 14.9. The molecule has 4 rings (SSSR count). The second kappa shape index (κ2) is 8.11. The van der Waals surface area contributed by atoms with Gasteiger partial charge >= 0.3 is 0 Å². The van der Waals surface area contributed by atoms with Crippen molar-refractivity contribution in [2.45, 2.75) is 18.2 Å². The van der Waals surface area contributed by atoms with Crippen LogP contribution in [0.5, 0.6) is 0 Å². The maximum atomic E-state index is 12.4. The van der Waals surface area contributed by atoms with Crippen molar-refractivity contribution < 1.29 is 4.79 Å². The lowest BCUT2D eigenvalue weighted by Crippen LogP contribution is -2.17. The van der Waals surface area contributed by atoms with Gasteiger partial charge in [0, 0.05) is 29.7 Å². The predicted octanol–water partition coefficient (Wildman–Crippen LogP) is 5.33. The van der Waals surface area contributed by atoms with E-state index in [-0.39, 0.29) is 5.91 Å². The highest BCUT2D eigenvalue weighted by atomic mass is 35.5. The fourth-order valence-electron chi connectivity index (χ4n) is 3.15. The molecule has 1 N–H and O–H groups in total. The largest absolute Gasteiger partial charge is 0.348 e. The highest BCUT2D eigenvalue weighted by Crippen LogP contribution is 2.30. The average Bonchev–Trinajstić information content (AvgIpc) is 3.40. The topological polar surface area (TPSA) is 45.2 Å². The fourth-order valence-corrected chi connectivity index (χ4v) is 4.24. The lowest BCUT2D eigenvalue weighted by molar-refractivity contribution is -0.116. The van der Waals surface area contributed by atoms with Crippen LogP contribution in [-0.2, 0) is 4.79 Å². The summed E-state index contributed by atoms with van der Waals surface area (Å²) in [7, 11) is 0. The van der Waals surface area contributed by atoms with Crippen LogP contribution in [0.3, 0.4) is 0 Å². The Morgan fingerprint density at radius 3 is 2.48 bits per heavy atom. The Morgan fingerprint density at radius 2 is 1.78 bits per heavy atom. The first-order valence-corrected chi connectivity index (χ1v) is 10.3. The highest BCUT2D eigenvalue weighted by Gasteiger charge is 2.18. The molecule has 4 nitrogen and oxygen atoms in total. The molecule has 0 bridgehead atoms. The maximum Gasteiger partial charge on any atom is 0.246 e. The van der Waals surface area contributed by atoms with E-state index >= 15 is 0 Å². The van der Waals surface area contributed by atoms with Gasteiger partial charge in [0.05, 0.1) is 5.69 Å². The molecule has 1 fully saturated rings. The molecule has 27 heavy (non-hydrogen) atoms. The van der Waals surface area contributed by atoms with Crippen LogP contribution in [-0.4, -0.2) is 24.0 Å². The number of anilines is 2. The van der Waals surface area contributed by atoms with Gasteiger partial charge in [-0.05, 0) is 30.5 Å². The molecule has 1 aliphatic rings. The van der Waals surface area contributed by atoms with Crippen molar-refractivity contribution >= 4 is 39.7 Å². The zero-order valence-corrected chi connectivity index (χ0v) is 16.3. The molecule has 1 aromatic heterocycles. The summed E-state index contributed by atoms with van der Waals surface area (Å²) in [4.78, 5) is 19.5. The van der Waals surface area contributed by atoms with Crippen molar-refractivity contribution in [2.24, 2.45) is 0 Å². The third-order valence-electron chi connectivity index (χ3n) is 4.64. The van der Waals surface area contributed by atoms with Crippen LogP contribution in [0.4, 0.5) is 10.8 Å². The molecule has 0 spiro atoms. The summed E-state index contributed by atoms with van der Waals surface area (Å²) in [5.41, 5.74) is 3.52. The molecule has 2 heterocycles. The van der Waals surface area contributed by atoms with Gasteiger partial charge in [0.15, 0.2) is 5.13 Å². The van der Waals surface area contributed by atoms with Crippen LogP contribution < -0.4 is 10.2 Å². The number of hydrogen-bond donors (Lipinski definition) is 1. The standard InChI is InChI=1S/C21H20ClN3OS/c22-19(16-6-2-1-3-7-16)20(26)23-17-10-8-15(9-11-17)18-14-27-21(24-18)25-12-4-5-13-25/h1-3,6-11,14,19H,4-5,12-13H2,(H,23,26)/t19-/m0/s1. The van der Waals surface area contributed by atoms with E-state index in [0.717, 1.165) is 40.7 Å². The number of carbonyl (C=O) groups excluding carboxylic acids is 1. The molecule has 0 aliphatic carbocycles. The Hall–Kier alpha value is -2.37. The predicted molar refractivity (Wildman–Crippen MR) is 113 cm³/mol. The second-order valence-electron chi connectivity index (χ2n) is 6.55. The Labute approximate surface area is 167 Å². The van der Waals surface area contributed by atoms with Crippen LogP contribution in [0.2, 0.25) is 0 Å². The quantitative estimate of drug-likeness (QED) is 0.592. The Bertz CT molecular complexity index is 905. The van der Waals surface area contributed by atoms with Gasteiger partial charge in [-0.3, -0.25) is 4.79 Å². The summed E-state index contributed by atoms with van der Waals surface area (Å²) in [6, 6.07) is 17.1. The first-order chi connectivity index (χ1) is 13.2. The molecule has 138 valence electrons. The van der Waals surface area contributed by atoms with Crippen molar-refractivity contribution in [3.8, 4) is 11.3 Å². The number of nitrogens with one attached hydrogen (secondary N) is 1. The number of amides is 1. The van der Waals surface area contributed by atoms with Gasteiger partial charge in [-0.15, -0.1) is 22.9 Å². The van der Waals surface area contributed by atoms with Crippen LogP contribution in [0.25, 0.3) is 11.3 Å². The summed E-state index contributed by atoms with van der Waals surface area (Å²) in [5.74, 6) is -0.236. The zero-order chi connectivity index (χ0) is 18.6. The maximum absolute atomic E-state index is 12.4. The monoisotopic (exact) mass is 397 g/mol. The number of carbonyl (C=O) groups is 1. The number of nitrogens with zero attached hydrogens (tertiary/aromatic N) is 2. The van der Waals surface area contributed by atoms with E-state index in [4.69, 9.17) is 16.6 Å². The van der Waals surface area contributed by atoms with Crippen molar-refractivity contribution in [3.63, 3.8) is 0 Å². The summed E-state index contributed by atoms with van der Waals surface area (Å²) >= 11 is 7.96. The molecule has 1 atom stereocenters. The zero-order valence-electron chi connectivity index (χ0n) is 14.8. The van der Waals surface area contributed by atoms with E-state index in [2.05, 4.69) is 15.6 Å². The summed E-state index contributed by atoms with van der Waals surface area (Å²) < 4.78 is 0.